The second-order valence-corrected chi connectivity index (χ2v) is 3.69. The average molecular weight is 178 g/mol. The lowest BCUT2D eigenvalue weighted by Crippen LogP contribution is -1.85. The van der Waals surface area contributed by atoms with Crippen LogP contribution in [0.1, 0.15) is 47.0 Å². The molecule has 0 N–H and O–H groups in total. The highest BCUT2D eigenvalue weighted by Crippen LogP contribution is 2.16. The maximum atomic E-state index is 3.75. The van der Waals surface area contributed by atoms with E-state index in [0.29, 0.717) is 0 Å². The molecule has 0 aliphatic carbocycles. The Labute approximate surface area is 83.0 Å². The van der Waals surface area contributed by atoms with Crippen LogP contribution in [0.4, 0.5) is 0 Å². The summed E-state index contributed by atoms with van der Waals surface area (Å²) in [5.74, 6) is 0. The second-order valence-electron chi connectivity index (χ2n) is 3.69. The summed E-state index contributed by atoms with van der Waals surface area (Å²) in [6, 6.07) is 0. The van der Waals surface area contributed by atoms with Gasteiger partial charge >= 0.3 is 0 Å². The van der Waals surface area contributed by atoms with Gasteiger partial charge in [0.15, 0.2) is 0 Å². The third-order valence-electron chi connectivity index (χ3n) is 2.57. The van der Waals surface area contributed by atoms with E-state index < -0.39 is 0 Å². The van der Waals surface area contributed by atoms with E-state index in [4.69, 9.17) is 0 Å². The van der Waals surface area contributed by atoms with Gasteiger partial charge in [0, 0.05) is 0 Å². The second kappa shape index (κ2) is 6.71. The summed E-state index contributed by atoms with van der Waals surface area (Å²) < 4.78 is 0. The molecule has 0 heteroatoms. The van der Waals surface area contributed by atoms with Gasteiger partial charge in [-0.05, 0) is 47.0 Å². The Morgan fingerprint density at radius 1 is 1.08 bits per heavy atom. The van der Waals surface area contributed by atoms with Gasteiger partial charge in [0.05, 0.1) is 0 Å². The van der Waals surface area contributed by atoms with Crippen LogP contribution < -0.4 is 0 Å². The number of hydrogen-bond acceptors (Lipinski definition) is 0. The van der Waals surface area contributed by atoms with Crippen molar-refractivity contribution < 1.29 is 0 Å². The average Bonchev–Trinajstić information content (AvgIpc) is 2.13. The molecular formula is C13H22. The molecule has 0 aromatic carbocycles. The Balaban J connectivity index is 4.05. The Kier molecular flexibility index (Phi) is 6.30. The minimum Gasteiger partial charge on any atom is -0.103 e. The van der Waals surface area contributed by atoms with Gasteiger partial charge < -0.3 is 0 Å². The number of hydrogen-bond donors (Lipinski definition) is 0. The van der Waals surface area contributed by atoms with Crippen LogP contribution in [0, 0.1) is 0 Å². The lowest BCUT2D eigenvalue weighted by Gasteiger charge is -2.05. The predicted octanol–water partition coefficient (Wildman–Crippen LogP) is 4.65. The molecule has 0 saturated heterocycles. The molecule has 0 spiro atoms. The van der Waals surface area contributed by atoms with Crippen molar-refractivity contribution in [2.75, 3.05) is 0 Å². The van der Waals surface area contributed by atoms with Crippen LogP contribution >= 0.6 is 0 Å². The summed E-state index contributed by atoms with van der Waals surface area (Å²) in [6.45, 7) is 12.5. The molecule has 0 fully saturated rings. The van der Waals surface area contributed by atoms with Gasteiger partial charge in [-0.15, -0.1) is 6.58 Å². The van der Waals surface area contributed by atoms with Gasteiger partial charge in [0.1, 0.15) is 0 Å². The molecule has 0 aromatic heterocycles. The van der Waals surface area contributed by atoms with E-state index in [9.17, 15) is 0 Å². The summed E-state index contributed by atoms with van der Waals surface area (Å²) in [5.41, 5.74) is 4.46. The van der Waals surface area contributed by atoms with Gasteiger partial charge in [-0.3, -0.25) is 0 Å². The third-order valence-corrected chi connectivity index (χ3v) is 2.57. The van der Waals surface area contributed by atoms with Crippen molar-refractivity contribution in [1.29, 1.82) is 0 Å². The molecule has 74 valence electrons. The third kappa shape index (κ3) is 5.46. The van der Waals surface area contributed by atoms with E-state index in [-0.39, 0.29) is 0 Å². The number of allylic oxidation sites excluding steroid dienone is 5. The Morgan fingerprint density at radius 3 is 2.15 bits per heavy atom. The van der Waals surface area contributed by atoms with Crippen molar-refractivity contribution in [3.63, 3.8) is 0 Å². The topological polar surface area (TPSA) is 0 Å². The van der Waals surface area contributed by atoms with Gasteiger partial charge in [-0.1, -0.05) is 28.9 Å². The zero-order valence-electron chi connectivity index (χ0n) is 9.48. The van der Waals surface area contributed by atoms with E-state index >= 15 is 0 Å². The standard InChI is InChI=1S/C13H22/c1-6-8-12(4)13(5)10-9-11(3)7-2/h6-7H,1,8-10H2,2-5H3/b11-7+,13-12+. The zero-order valence-corrected chi connectivity index (χ0v) is 9.48. The molecule has 0 rings (SSSR count). The molecule has 0 atom stereocenters. The van der Waals surface area contributed by atoms with E-state index in [1.54, 1.807) is 0 Å². The van der Waals surface area contributed by atoms with Crippen LogP contribution in [0.25, 0.3) is 0 Å². The lowest BCUT2D eigenvalue weighted by atomic mass is 10.0. The summed E-state index contributed by atoms with van der Waals surface area (Å²) >= 11 is 0. The van der Waals surface area contributed by atoms with Crippen molar-refractivity contribution in [3.05, 3.63) is 35.5 Å². The quantitative estimate of drug-likeness (QED) is 0.538. The van der Waals surface area contributed by atoms with E-state index in [1.165, 1.54) is 29.6 Å². The lowest BCUT2D eigenvalue weighted by molar-refractivity contribution is 0.897. The normalized spacial score (nSPS) is 14.0. The van der Waals surface area contributed by atoms with Crippen LogP contribution in [0.3, 0.4) is 0 Å². The van der Waals surface area contributed by atoms with Crippen molar-refractivity contribution in [3.8, 4) is 0 Å². The first kappa shape index (κ1) is 12.2. The van der Waals surface area contributed by atoms with Crippen LogP contribution in [-0.2, 0) is 0 Å². The van der Waals surface area contributed by atoms with Crippen LogP contribution in [0.5, 0.6) is 0 Å². The summed E-state index contributed by atoms with van der Waals surface area (Å²) in [5, 5.41) is 0. The maximum absolute atomic E-state index is 3.75. The van der Waals surface area contributed by atoms with Crippen molar-refractivity contribution >= 4 is 0 Å². The summed E-state index contributed by atoms with van der Waals surface area (Å²) in [6.07, 6.45) is 7.57. The SMILES string of the molecule is C=CC/C(C)=C(\C)CC/C(C)=C/C. The van der Waals surface area contributed by atoms with E-state index in [2.05, 4.69) is 40.3 Å². The highest BCUT2D eigenvalue weighted by molar-refractivity contribution is 5.14. The largest absolute Gasteiger partial charge is 0.103 e. The fourth-order valence-corrected chi connectivity index (χ4v) is 1.13. The smallest absolute Gasteiger partial charge is 0.0142 e. The molecule has 0 unspecified atom stereocenters. The first-order valence-corrected chi connectivity index (χ1v) is 4.99. The fourth-order valence-electron chi connectivity index (χ4n) is 1.13. The van der Waals surface area contributed by atoms with Crippen LogP contribution in [0.2, 0.25) is 0 Å². The minimum absolute atomic E-state index is 1.03. The summed E-state index contributed by atoms with van der Waals surface area (Å²) in [4.78, 5) is 0. The minimum atomic E-state index is 1.03. The Bertz CT molecular complexity index is 216. The van der Waals surface area contributed by atoms with Gasteiger partial charge in [0.25, 0.3) is 0 Å². The monoisotopic (exact) mass is 178 g/mol. The molecule has 0 aromatic rings. The molecule has 0 saturated carbocycles. The zero-order chi connectivity index (χ0) is 10.3. The molecule has 0 amide bonds. The highest BCUT2D eigenvalue weighted by Gasteiger charge is 1.96. The Hall–Kier alpha value is -0.780. The number of rotatable bonds is 5. The summed E-state index contributed by atoms with van der Waals surface area (Å²) in [7, 11) is 0. The molecule has 0 nitrogen and oxygen atoms in total. The van der Waals surface area contributed by atoms with Crippen LogP contribution in [0.15, 0.2) is 35.5 Å². The maximum Gasteiger partial charge on any atom is -0.0142 e. The highest BCUT2D eigenvalue weighted by atomic mass is 14.0. The van der Waals surface area contributed by atoms with Crippen molar-refractivity contribution in [1.82, 2.24) is 0 Å². The van der Waals surface area contributed by atoms with Gasteiger partial charge in [0.2, 0.25) is 0 Å². The molecule has 13 heavy (non-hydrogen) atoms. The first-order valence-electron chi connectivity index (χ1n) is 4.99. The predicted molar refractivity (Wildman–Crippen MR) is 61.9 cm³/mol. The molecule has 0 aliphatic heterocycles. The van der Waals surface area contributed by atoms with E-state index in [1.807, 2.05) is 6.08 Å². The molecule has 0 radical (unpaired) electrons. The van der Waals surface area contributed by atoms with E-state index in [0.717, 1.165) is 6.42 Å². The Morgan fingerprint density at radius 2 is 1.69 bits per heavy atom. The van der Waals surface area contributed by atoms with Gasteiger partial charge in [-0.25, -0.2) is 0 Å². The molecule has 0 bridgehead atoms. The van der Waals surface area contributed by atoms with Gasteiger partial charge in [-0.2, -0.15) is 0 Å². The fraction of sp³-hybridized carbons (Fsp3) is 0.538. The van der Waals surface area contributed by atoms with Crippen molar-refractivity contribution in [2.45, 2.75) is 47.0 Å². The van der Waals surface area contributed by atoms with Crippen LogP contribution in [-0.4, -0.2) is 0 Å². The molecular weight excluding hydrogens is 156 g/mol. The molecule has 0 heterocycles. The van der Waals surface area contributed by atoms with Crippen molar-refractivity contribution in [2.24, 2.45) is 0 Å². The first-order chi connectivity index (χ1) is 6.11. The molecule has 0 aliphatic rings.